The van der Waals surface area contributed by atoms with Crippen LogP contribution >= 0.6 is 0 Å². The summed E-state index contributed by atoms with van der Waals surface area (Å²) in [5, 5.41) is 16.7. The molecular weight excluding hydrogens is 1120 g/mol. The van der Waals surface area contributed by atoms with E-state index in [2.05, 4.69) is 46.8 Å². The van der Waals surface area contributed by atoms with Gasteiger partial charge in [-0.1, -0.05) is 18.2 Å². The van der Waals surface area contributed by atoms with Crippen LogP contribution in [0.2, 0.25) is 0 Å². The monoisotopic (exact) mass is 1190 g/mol. The van der Waals surface area contributed by atoms with Crippen molar-refractivity contribution in [3.63, 3.8) is 0 Å². The largest absolute Gasteiger partial charge is 0.493 e. The number of rotatable bonds is 12. The summed E-state index contributed by atoms with van der Waals surface area (Å²) in [7, 11) is -4.74. The fourth-order valence-electron chi connectivity index (χ4n) is 14.7. The number of sulfonamides is 1. The van der Waals surface area contributed by atoms with Gasteiger partial charge in [-0.05, 0) is 113 Å². The molecule has 0 bridgehead atoms. The van der Waals surface area contributed by atoms with E-state index < -0.39 is 49.2 Å². The van der Waals surface area contributed by atoms with Crippen LogP contribution in [-0.2, 0) is 19.5 Å². The van der Waals surface area contributed by atoms with Gasteiger partial charge < -0.3 is 48.5 Å². The zero-order chi connectivity index (χ0) is 58.3. The number of halogens is 2. The van der Waals surface area contributed by atoms with Crippen molar-refractivity contribution in [2.45, 2.75) is 113 Å². The minimum atomic E-state index is -4.74. The van der Waals surface area contributed by atoms with Crippen molar-refractivity contribution in [2.75, 3.05) is 87.5 Å². The molecule has 1 amide bonds. The lowest BCUT2D eigenvalue weighted by Crippen LogP contribution is -2.60. The molecule has 3 N–H and O–H groups in total. The summed E-state index contributed by atoms with van der Waals surface area (Å²) in [5.41, 5.74) is 4.09. The number of ether oxygens (including phenoxy) is 6. The number of benzene rings is 4. The highest BCUT2D eigenvalue weighted by Gasteiger charge is 2.51. The van der Waals surface area contributed by atoms with Crippen LogP contribution < -0.4 is 38.8 Å². The smallest absolute Gasteiger partial charge is 0.297 e. The molecule has 2 aromatic heterocycles. The number of hydrogen-bond acceptors (Lipinski definition) is 17. The number of piperazine rings is 1. The summed E-state index contributed by atoms with van der Waals surface area (Å²) in [4.78, 5) is 43.9. The second kappa shape index (κ2) is 22.2. The fraction of sp³-hybridized carbons (Fsp3) is 0.484. The van der Waals surface area contributed by atoms with Gasteiger partial charge in [-0.2, -0.15) is 4.98 Å². The van der Waals surface area contributed by atoms with Crippen molar-refractivity contribution < 1.29 is 55.3 Å². The Hall–Kier alpha value is -7.31. The van der Waals surface area contributed by atoms with Crippen molar-refractivity contribution in [3.8, 4) is 23.1 Å². The normalized spacial score (nSPS) is 24.4. The topological polar surface area (TPSA) is 215 Å². The number of nitro benzene ring substituents is 1. The van der Waals surface area contributed by atoms with Gasteiger partial charge in [-0.25, -0.2) is 21.9 Å². The molecule has 5 atom stereocenters. The fourth-order valence-corrected chi connectivity index (χ4v) is 15.7. The predicted molar refractivity (Wildman–Crippen MR) is 312 cm³/mol. The van der Waals surface area contributed by atoms with Crippen LogP contribution in [0.1, 0.15) is 98.8 Å². The molecule has 0 unspecified atom stereocenters. The summed E-state index contributed by atoms with van der Waals surface area (Å²) in [5.74, 6) is -0.984. The van der Waals surface area contributed by atoms with Crippen LogP contribution in [0.5, 0.6) is 23.1 Å². The summed E-state index contributed by atoms with van der Waals surface area (Å²) in [6.07, 6.45) is 7.86. The third kappa shape index (κ3) is 10.4. The average molecular weight is 1190 g/mol. The molecule has 23 heteroatoms. The van der Waals surface area contributed by atoms with Crippen molar-refractivity contribution in [3.05, 3.63) is 123 Å². The Morgan fingerprint density at radius 1 is 0.847 bits per heavy atom. The molecule has 9 heterocycles. The van der Waals surface area contributed by atoms with Crippen molar-refractivity contribution in [1.29, 1.82) is 0 Å². The highest BCUT2D eigenvalue weighted by molar-refractivity contribution is 7.90. The van der Waals surface area contributed by atoms with Crippen LogP contribution in [0, 0.1) is 33.1 Å². The van der Waals surface area contributed by atoms with E-state index in [1.165, 1.54) is 18.2 Å². The molecule has 1 spiro atoms. The Morgan fingerprint density at radius 2 is 1.65 bits per heavy atom. The summed E-state index contributed by atoms with van der Waals surface area (Å²) < 4.78 is 96.9. The summed E-state index contributed by atoms with van der Waals surface area (Å²) >= 11 is 0. The molecule has 6 aromatic rings. The van der Waals surface area contributed by atoms with Crippen molar-refractivity contribution in [2.24, 2.45) is 11.3 Å². The van der Waals surface area contributed by atoms with Gasteiger partial charge in [0.2, 0.25) is 5.88 Å². The quantitative estimate of drug-likeness (QED) is 0.0768. The van der Waals surface area contributed by atoms with Gasteiger partial charge >= 0.3 is 0 Å². The number of nitro groups is 1. The van der Waals surface area contributed by atoms with Crippen LogP contribution in [0.15, 0.2) is 90.0 Å². The molecule has 448 valence electrons. The van der Waals surface area contributed by atoms with Gasteiger partial charge in [0.25, 0.3) is 21.6 Å². The third-order valence-corrected chi connectivity index (χ3v) is 20.4. The third-order valence-electron chi connectivity index (χ3n) is 19.1. The van der Waals surface area contributed by atoms with E-state index in [-0.39, 0.29) is 71.8 Å². The number of pyridine rings is 1. The average Bonchev–Trinajstić information content (AvgIpc) is 3.07. The molecule has 4 saturated heterocycles. The number of nitrogens with one attached hydrogen (secondary N) is 3. The van der Waals surface area contributed by atoms with E-state index in [0.29, 0.717) is 86.1 Å². The van der Waals surface area contributed by atoms with Gasteiger partial charge in [-0.15, -0.1) is 0 Å². The molecule has 4 aromatic carbocycles. The number of carbonyl (C=O) groups is 1. The molecule has 7 aliphatic heterocycles. The first-order chi connectivity index (χ1) is 41.2. The van der Waals surface area contributed by atoms with E-state index in [9.17, 15) is 32.1 Å². The first-order valence-corrected chi connectivity index (χ1v) is 31.3. The van der Waals surface area contributed by atoms with E-state index >= 15 is 0 Å². The summed E-state index contributed by atoms with van der Waals surface area (Å²) in [6, 6.07) is 21.9. The number of fused-ring (bicyclic) bond motifs is 5. The Balaban J connectivity index is 0.739. The predicted octanol–water partition coefficient (Wildman–Crippen LogP) is 9.57. The molecule has 20 nitrogen and oxygen atoms in total. The van der Waals surface area contributed by atoms with Gasteiger partial charge in [0.15, 0.2) is 23.1 Å². The SMILES string of the molecule is CC(C)Oc1ccccc1[C@@H]1CN([C@H]2CCOc3cc(F)c(F)cc32)CCN1C1CC2(CCN(c3ccc(C(=O)NS(=O)(=O)c4cc5c(c([N+](=O)[O-])c4)N[C@H](C4CCOCC4)CO5)c(N4c5cc6cc[nH]c6nc5O[C@H]5COCC[C@@H]54)c3)CC2)C1. The number of aromatic nitrogens is 2. The first-order valence-electron chi connectivity index (χ1n) is 29.8. The number of anilines is 4. The minimum Gasteiger partial charge on any atom is -0.493 e. The lowest BCUT2D eigenvalue weighted by atomic mass is 9.59. The number of nitrogens with zero attached hydrogens (tertiary/aromatic N) is 6. The number of carbonyl (C=O) groups excluding carboxylic acids is 1. The molecule has 14 rings (SSSR count). The lowest BCUT2D eigenvalue weighted by Gasteiger charge is -2.59. The second-order valence-electron chi connectivity index (χ2n) is 24.4. The molecule has 8 aliphatic rings. The van der Waals surface area contributed by atoms with Crippen LogP contribution in [-0.4, -0.2) is 142 Å². The van der Waals surface area contributed by atoms with E-state index in [1.54, 1.807) is 12.3 Å². The maximum absolute atomic E-state index is 15.0. The molecule has 0 radical (unpaired) electrons. The van der Waals surface area contributed by atoms with Gasteiger partial charge in [0, 0.05) is 118 Å². The number of para-hydroxylation sites is 1. The highest BCUT2D eigenvalue weighted by Crippen LogP contribution is 2.55. The summed E-state index contributed by atoms with van der Waals surface area (Å²) in [6.45, 7) is 10.2. The van der Waals surface area contributed by atoms with Gasteiger partial charge in [-0.3, -0.25) is 24.7 Å². The molecule has 5 fully saturated rings. The zero-order valence-corrected chi connectivity index (χ0v) is 48.3. The van der Waals surface area contributed by atoms with Crippen LogP contribution in [0.4, 0.5) is 37.2 Å². The molecule has 1 saturated carbocycles. The molecule has 1 aliphatic carbocycles. The second-order valence-corrected chi connectivity index (χ2v) is 26.0. The number of aromatic amines is 1. The Morgan fingerprint density at radius 3 is 2.46 bits per heavy atom. The van der Waals surface area contributed by atoms with Crippen molar-refractivity contribution in [1.82, 2.24) is 24.5 Å². The number of amides is 1. The van der Waals surface area contributed by atoms with E-state index in [4.69, 9.17) is 33.4 Å². The number of hydrogen-bond donors (Lipinski definition) is 3. The maximum atomic E-state index is 15.0. The van der Waals surface area contributed by atoms with Gasteiger partial charge in [0.1, 0.15) is 35.5 Å². The maximum Gasteiger partial charge on any atom is 0.297 e. The van der Waals surface area contributed by atoms with Gasteiger partial charge in [0.05, 0.1) is 58.5 Å². The van der Waals surface area contributed by atoms with Crippen molar-refractivity contribution >= 4 is 55.4 Å². The Bertz CT molecular complexity index is 3680. The minimum absolute atomic E-state index is 0.00760. The molecular formula is C62H69F2N9O11S. The van der Waals surface area contributed by atoms with Crippen LogP contribution in [0.25, 0.3) is 11.0 Å². The Labute approximate surface area is 491 Å². The number of piperidine rings is 1. The first kappa shape index (κ1) is 55.6. The standard InChI is InChI=1S/C62H69F2N9O11S/c1-36(2)83-54-6-4-3-5-42(54)53-33-70(48-13-24-81-55-30-46(64)45(63)29-44(48)55)19-20-71(53)40-31-62(32-40)14-17-69(18-15-62)39-7-8-43(50(26-39)72-49-12-23-80-35-57(49)84-61-52(72)25-38-9-16-65-59(38)67-61)60(74)68-85(77,78)41-27-51(73(75)76)58-56(28-41)82-34-47(66-58)37-10-21-79-22-11-37/h3-9,16,25-30,36-37,40,47-49,53,57,66H,10-15,17-24,31-35H2,1-2H3,(H,65,67)(H,68,74)/t47-,48-,49-,53-,57-/m0/s1. The molecule has 85 heavy (non-hydrogen) atoms. The Kier molecular flexibility index (Phi) is 14.5. The van der Waals surface area contributed by atoms with E-state index in [0.717, 1.165) is 93.2 Å². The van der Waals surface area contributed by atoms with E-state index in [1.807, 2.05) is 50.2 Å². The number of H-pyrrole nitrogens is 1. The zero-order valence-electron chi connectivity index (χ0n) is 47.5. The lowest BCUT2D eigenvalue weighted by molar-refractivity contribution is -0.384. The van der Waals surface area contributed by atoms with Crippen LogP contribution in [0.3, 0.4) is 0 Å². The highest BCUT2D eigenvalue weighted by atomic mass is 32.2.